The minimum atomic E-state index is -1.38. The molecule has 150 valence electrons. The van der Waals surface area contributed by atoms with Gasteiger partial charge in [-0.3, -0.25) is 19.3 Å². The number of rotatable bonds is 4. The van der Waals surface area contributed by atoms with E-state index in [-0.39, 0.29) is 36.6 Å². The number of para-hydroxylation sites is 2. The van der Waals surface area contributed by atoms with Crippen molar-refractivity contribution in [3.8, 4) is 5.75 Å². The number of ether oxygens (including phenoxy) is 1. The van der Waals surface area contributed by atoms with Crippen LogP contribution in [0.25, 0.3) is 0 Å². The van der Waals surface area contributed by atoms with Gasteiger partial charge in [0.1, 0.15) is 5.75 Å². The Morgan fingerprint density at radius 1 is 1.14 bits per heavy atom. The minimum absolute atomic E-state index is 0.170. The van der Waals surface area contributed by atoms with Gasteiger partial charge in [0, 0.05) is 25.5 Å². The first-order valence-corrected chi connectivity index (χ1v) is 9.56. The first-order valence-electron chi connectivity index (χ1n) is 9.56. The zero-order chi connectivity index (χ0) is 20.8. The first-order chi connectivity index (χ1) is 13.9. The van der Waals surface area contributed by atoms with Crippen LogP contribution in [-0.4, -0.2) is 42.4 Å². The van der Waals surface area contributed by atoms with E-state index in [0.717, 1.165) is 5.56 Å². The second-order valence-corrected chi connectivity index (χ2v) is 7.36. The van der Waals surface area contributed by atoms with Gasteiger partial charge in [0.15, 0.2) is 0 Å². The van der Waals surface area contributed by atoms with Crippen molar-refractivity contribution >= 4 is 23.4 Å². The molecule has 0 spiro atoms. The van der Waals surface area contributed by atoms with Crippen LogP contribution in [0.1, 0.15) is 41.7 Å². The van der Waals surface area contributed by atoms with Crippen LogP contribution in [0, 0.1) is 0 Å². The Hall–Kier alpha value is -3.35. The van der Waals surface area contributed by atoms with E-state index in [0.29, 0.717) is 17.0 Å². The summed E-state index contributed by atoms with van der Waals surface area (Å²) in [5.74, 6) is -0.161. The summed E-state index contributed by atoms with van der Waals surface area (Å²) in [5, 5.41) is 3.00. The number of carbonyl (C=O) groups excluding carboxylic acids is 3. The highest BCUT2D eigenvalue weighted by Crippen LogP contribution is 2.44. The number of hydrogen-bond acceptors (Lipinski definition) is 4. The molecule has 2 aromatic carbocycles. The Labute approximate surface area is 169 Å². The zero-order valence-corrected chi connectivity index (χ0v) is 16.6. The van der Waals surface area contributed by atoms with Crippen LogP contribution < -0.4 is 15.0 Å². The SMILES string of the molecule is COc1ccccc1C(C)NC(=O)C12CCC(=O)N1c1ccccc1C(=O)N2C. The van der Waals surface area contributed by atoms with Gasteiger partial charge in [-0.05, 0) is 25.1 Å². The number of amides is 3. The Balaban J connectivity index is 1.73. The molecule has 29 heavy (non-hydrogen) atoms. The van der Waals surface area contributed by atoms with Crippen molar-refractivity contribution in [2.45, 2.75) is 31.5 Å². The Bertz CT molecular complexity index is 1010. The molecule has 2 aliphatic rings. The molecule has 2 aliphatic heterocycles. The van der Waals surface area contributed by atoms with Crippen molar-refractivity contribution < 1.29 is 19.1 Å². The molecule has 2 aromatic rings. The maximum Gasteiger partial charge on any atom is 0.267 e. The average Bonchev–Trinajstić information content (AvgIpc) is 3.10. The van der Waals surface area contributed by atoms with Crippen molar-refractivity contribution in [1.29, 1.82) is 0 Å². The topological polar surface area (TPSA) is 79.0 Å². The molecule has 0 radical (unpaired) electrons. The van der Waals surface area contributed by atoms with E-state index in [1.165, 1.54) is 9.80 Å². The third kappa shape index (κ3) is 2.68. The minimum Gasteiger partial charge on any atom is -0.496 e. The maximum atomic E-state index is 13.6. The number of nitrogens with one attached hydrogen (secondary N) is 1. The normalized spacial score (nSPS) is 21.5. The van der Waals surface area contributed by atoms with Crippen molar-refractivity contribution in [3.63, 3.8) is 0 Å². The number of methoxy groups -OCH3 is 1. The lowest BCUT2D eigenvalue weighted by molar-refractivity contribution is -0.133. The largest absolute Gasteiger partial charge is 0.496 e. The van der Waals surface area contributed by atoms with Crippen molar-refractivity contribution in [1.82, 2.24) is 10.2 Å². The molecular formula is C22H23N3O4. The molecule has 7 nitrogen and oxygen atoms in total. The van der Waals surface area contributed by atoms with Crippen LogP contribution in [0.15, 0.2) is 48.5 Å². The average molecular weight is 393 g/mol. The molecule has 2 heterocycles. The smallest absolute Gasteiger partial charge is 0.267 e. The van der Waals surface area contributed by atoms with E-state index < -0.39 is 5.66 Å². The van der Waals surface area contributed by atoms with E-state index in [4.69, 9.17) is 4.74 Å². The van der Waals surface area contributed by atoms with Gasteiger partial charge in [0.2, 0.25) is 11.6 Å². The van der Waals surface area contributed by atoms with Crippen LogP contribution in [0.3, 0.4) is 0 Å². The summed E-state index contributed by atoms with van der Waals surface area (Å²) < 4.78 is 5.40. The van der Waals surface area contributed by atoms with Crippen molar-refractivity contribution in [2.24, 2.45) is 0 Å². The van der Waals surface area contributed by atoms with Gasteiger partial charge in [-0.1, -0.05) is 30.3 Å². The number of benzene rings is 2. The van der Waals surface area contributed by atoms with E-state index in [1.54, 1.807) is 38.4 Å². The van der Waals surface area contributed by atoms with Crippen molar-refractivity contribution in [3.05, 3.63) is 59.7 Å². The molecule has 0 aromatic heterocycles. The van der Waals surface area contributed by atoms with E-state index in [1.807, 2.05) is 31.2 Å². The lowest BCUT2D eigenvalue weighted by Crippen LogP contribution is -2.69. The molecule has 1 fully saturated rings. The predicted octanol–water partition coefficient (Wildman–Crippen LogP) is 2.48. The van der Waals surface area contributed by atoms with Crippen LogP contribution >= 0.6 is 0 Å². The first kappa shape index (κ1) is 19.0. The highest BCUT2D eigenvalue weighted by atomic mass is 16.5. The molecule has 0 aliphatic carbocycles. The predicted molar refractivity (Wildman–Crippen MR) is 108 cm³/mol. The van der Waals surface area contributed by atoms with Gasteiger partial charge in [0.05, 0.1) is 24.4 Å². The highest BCUT2D eigenvalue weighted by molar-refractivity contribution is 6.16. The molecule has 1 saturated heterocycles. The third-order valence-corrected chi connectivity index (χ3v) is 5.86. The summed E-state index contributed by atoms with van der Waals surface area (Å²) in [4.78, 5) is 42.2. The summed E-state index contributed by atoms with van der Waals surface area (Å²) >= 11 is 0. The number of nitrogens with zero attached hydrogens (tertiary/aromatic N) is 2. The summed E-state index contributed by atoms with van der Waals surface area (Å²) in [6, 6.07) is 14.0. The summed E-state index contributed by atoms with van der Waals surface area (Å²) in [7, 11) is 3.16. The highest BCUT2D eigenvalue weighted by Gasteiger charge is 2.59. The summed E-state index contributed by atoms with van der Waals surface area (Å²) in [5.41, 5.74) is 0.351. The number of fused-ring (bicyclic) bond motifs is 3. The molecule has 0 bridgehead atoms. The fourth-order valence-corrected chi connectivity index (χ4v) is 4.34. The van der Waals surface area contributed by atoms with Gasteiger partial charge >= 0.3 is 0 Å². The Morgan fingerprint density at radius 3 is 2.59 bits per heavy atom. The molecule has 2 unspecified atom stereocenters. The third-order valence-electron chi connectivity index (χ3n) is 5.86. The van der Waals surface area contributed by atoms with Gasteiger partial charge in [0.25, 0.3) is 11.8 Å². The summed E-state index contributed by atoms with van der Waals surface area (Å²) in [6.45, 7) is 1.85. The second-order valence-electron chi connectivity index (χ2n) is 7.36. The Morgan fingerprint density at radius 2 is 1.83 bits per heavy atom. The van der Waals surface area contributed by atoms with Crippen LogP contribution in [0.5, 0.6) is 5.75 Å². The lowest BCUT2D eigenvalue weighted by Gasteiger charge is -2.47. The monoisotopic (exact) mass is 393 g/mol. The van der Waals surface area contributed by atoms with E-state index in [9.17, 15) is 14.4 Å². The number of hydrogen-bond donors (Lipinski definition) is 1. The molecule has 7 heteroatoms. The van der Waals surface area contributed by atoms with Gasteiger partial charge in [-0.2, -0.15) is 0 Å². The second kappa shape index (κ2) is 6.92. The van der Waals surface area contributed by atoms with Gasteiger partial charge in [-0.15, -0.1) is 0 Å². The molecule has 3 amide bonds. The summed E-state index contributed by atoms with van der Waals surface area (Å²) in [6.07, 6.45) is 0.440. The Kier molecular flexibility index (Phi) is 4.53. The lowest BCUT2D eigenvalue weighted by atomic mass is 9.95. The van der Waals surface area contributed by atoms with Crippen LogP contribution in [0.4, 0.5) is 5.69 Å². The molecule has 4 rings (SSSR count). The van der Waals surface area contributed by atoms with Crippen molar-refractivity contribution in [2.75, 3.05) is 19.1 Å². The maximum absolute atomic E-state index is 13.6. The van der Waals surface area contributed by atoms with Crippen LogP contribution in [-0.2, 0) is 9.59 Å². The fraction of sp³-hybridized carbons (Fsp3) is 0.318. The zero-order valence-electron chi connectivity index (χ0n) is 16.6. The van der Waals surface area contributed by atoms with Gasteiger partial charge in [-0.25, -0.2) is 0 Å². The molecular weight excluding hydrogens is 370 g/mol. The quantitative estimate of drug-likeness (QED) is 0.866. The van der Waals surface area contributed by atoms with E-state index >= 15 is 0 Å². The standard InChI is InChI=1S/C22H23N3O4/c1-14(15-8-5-7-11-18(15)29-3)23-21(28)22-13-12-19(26)25(22)17-10-6-4-9-16(17)20(27)24(22)2/h4-11,14H,12-13H2,1-3H3,(H,23,28). The molecule has 0 saturated carbocycles. The van der Waals surface area contributed by atoms with E-state index in [2.05, 4.69) is 5.32 Å². The number of likely N-dealkylation sites (N-methyl/N-ethyl adjacent to an activating group) is 1. The number of carbonyl (C=O) groups is 3. The molecule has 1 N–H and O–H groups in total. The van der Waals surface area contributed by atoms with Crippen LogP contribution in [0.2, 0.25) is 0 Å². The van der Waals surface area contributed by atoms with Gasteiger partial charge < -0.3 is 15.0 Å². The number of anilines is 1. The molecule has 2 atom stereocenters. The fourth-order valence-electron chi connectivity index (χ4n) is 4.34.